The highest BCUT2D eigenvalue weighted by Crippen LogP contribution is 2.21. The van der Waals surface area contributed by atoms with Crippen LogP contribution in [0.5, 0.6) is 0 Å². The molecule has 1 aromatic carbocycles. The molecule has 0 amide bonds. The lowest BCUT2D eigenvalue weighted by atomic mass is 9.98. The van der Waals surface area contributed by atoms with E-state index in [2.05, 4.69) is 63.2 Å². The van der Waals surface area contributed by atoms with Gasteiger partial charge in [0.05, 0.1) is 12.2 Å². The normalized spacial score (nSPS) is 25.6. The van der Waals surface area contributed by atoms with Gasteiger partial charge in [0, 0.05) is 25.7 Å². The predicted octanol–water partition coefficient (Wildman–Crippen LogP) is 2.67. The van der Waals surface area contributed by atoms with Crippen LogP contribution in [0.1, 0.15) is 36.6 Å². The van der Waals surface area contributed by atoms with Gasteiger partial charge in [-0.25, -0.2) is 0 Å². The van der Waals surface area contributed by atoms with Crippen LogP contribution in [0.2, 0.25) is 0 Å². The minimum Gasteiger partial charge on any atom is -0.373 e. The molecule has 0 bridgehead atoms. The third kappa shape index (κ3) is 3.81. The summed E-state index contributed by atoms with van der Waals surface area (Å²) in [5.74, 6) is 0. The van der Waals surface area contributed by atoms with E-state index in [1.807, 2.05) is 0 Å². The molecule has 0 spiro atoms. The number of aryl methyl sites for hydroxylation is 2. The van der Waals surface area contributed by atoms with Crippen molar-refractivity contribution < 1.29 is 4.74 Å². The molecule has 0 aromatic heterocycles. The quantitative estimate of drug-likeness (QED) is 0.915. The van der Waals surface area contributed by atoms with Gasteiger partial charge in [0.2, 0.25) is 0 Å². The van der Waals surface area contributed by atoms with Gasteiger partial charge in [-0.1, -0.05) is 23.8 Å². The Kier molecular flexibility index (Phi) is 5.19. The molecule has 3 heteroatoms. The molecule has 1 aromatic rings. The molecule has 112 valence electrons. The molecular weight excluding hydrogens is 248 g/mol. The molecule has 1 N–H and O–H groups in total. The minimum absolute atomic E-state index is 0.329. The van der Waals surface area contributed by atoms with Gasteiger partial charge in [-0.05, 0) is 45.9 Å². The first kappa shape index (κ1) is 15.5. The molecule has 0 aliphatic carbocycles. The Morgan fingerprint density at radius 1 is 1.25 bits per heavy atom. The van der Waals surface area contributed by atoms with Crippen LogP contribution in [-0.2, 0) is 4.74 Å². The fourth-order valence-corrected chi connectivity index (χ4v) is 3.25. The maximum atomic E-state index is 5.81. The Morgan fingerprint density at radius 2 is 1.90 bits per heavy atom. The van der Waals surface area contributed by atoms with Crippen LogP contribution in [0.4, 0.5) is 0 Å². The van der Waals surface area contributed by atoms with Crippen molar-refractivity contribution in [1.82, 2.24) is 10.2 Å². The Morgan fingerprint density at radius 3 is 2.45 bits per heavy atom. The van der Waals surface area contributed by atoms with E-state index in [1.54, 1.807) is 0 Å². The van der Waals surface area contributed by atoms with Crippen molar-refractivity contribution >= 4 is 0 Å². The topological polar surface area (TPSA) is 24.5 Å². The van der Waals surface area contributed by atoms with E-state index in [4.69, 9.17) is 4.74 Å². The third-order valence-corrected chi connectivity index (χ3v) is 4.09. The number of benzene rings is 1. The van der Waals surface area contributed by atoms with E-state index in [1.165, 1.54) is 16.7 Å². The molecule has 2 rings (SSSR count). The Hall–Kier alpha value is -0.900. The van der Waals surface area contributed by atoms with Crippen LogP contribution >= 0.6 is 0 Å². The average molecular weight is 276 g/mol. The largest absolute Gasteiger partial charge is 0.373 e. The highest BCUT2D eigenvalue weighted by molar-refractivity contribution is 5.33. The lowest BCUT2D eigenvalue weighted by Crippen LogP contribution is -2.48. The van der Waals surface area contributed by atoms with E-state index < -0.39 is 0 Å². The second-order valence-corrected chi connectivity index (χ2v) is 6.18. The van der Waals surface area contributed by atoms with Crippen molar-refractivity contribution in [2.45, 2.75) is 45.9 Å². The average Bonchev–Trinajstić information content (AvgIpc) is 2.35. The van der Waals surface area contributed by atoms with Crippen molar-refractivity contribution in [2.24, 2.45) is 0 Å². The van der Waals surface area contributed by atoms with E-state index >= 15 is 0 Å². The molecule has 1 aliphatic heterocycles. The van der Waals surface area contributed by atoms with Gasteiger partial charge in [-0.3, -0.25) is 4.90 Å². The van der Waals surface area contributed by atoms with Crippen molar-refractivity contribution in [3.8, 4) is 0 Å². The molecule has 0 saturated carbocycles. The number of nitrogens with zero attached hydrogens (tertiary/aromatic N) is 1. The van der Waals surface area contributed by atoms with Crippen molar-refractivity contribution in [2.75, 3.05) is 26.7 Å². The Bertz CT molecular complexity index is 437. The standard InChI is InChI=1S/C17H28N2O/c1-12-6-7-16(13(2)8-12)17(18-5)11-19-9-14(3)20-15(4)10-19/h6-8,14-15,17-18H,9-11H2,1-5H3. The molecular formula is C17H28N2O. The van der Waals surface area contributed by atoms with Gasteiger partial charge in [-0.2, -0.15) is 0 Å². The molecule has 20 heavy (non-hydrogen) atoms. The number of morpholine rings is 1. The van der Waals surface area contributed by atoms with Crippen LogP contribution in [0, 0.1) is 13.8 Å². The Labute approximate surface area is 123 Å². The lowest BCUT2D eigenvalue weighted by Gasteiger charge is -2.37. The maximum Gasteiger partial charge on any atom is 0.0678 e. The van der Waals surface area contributed by atoms with Crippen LogP contribution in [0.15, 0.2) is 18.2 Å². The zero-order chi connectivity index (χ0) is 14.7. The fourth-order valence-electron chi connectivity index (χ4n) is 3.25. The van der Waals surface area contributed by atoms with Crippen LogP contribution in [0.25, 0.3) is 0 Å². The number of nitrogens with one attached hydrogen (secondary N) is 1. The van der Waals surface area contributed by atoms with E-state index in [9.17, 15) is 0 Å². The number of ether oxygens (including phenoxy) is 1. The summed E-state index contributed by atoms with van der Waals surface area (Å²) in [5, 5.41) is 3.47. The van der Waals surface area contributed by atoms with Gasteiger partial charge in [0.25, 0.3) is 0 Å². The smallest absolute Gasteiger partial charge is 0.0678 e. The first-order chi connectivity index (χ1) is 9.49. The van der Waals surface area contributed by atoms with Gasteiger partial charge in [-0.15, -0.1) is 0 Å². The molecule has 1 fully saturated rings. The first-order valence-corrected chi connectivity index (χ1v) is 7.61. The summed E-state index contributed by atoms with van der Waals surface area (Å²) in [6, 6.07) is 7.12. The molecule has 3 unspecified atom stereocenters. The van der Waals surface area contributed by atoms with Crippen molar-refractivity contribution in [3.05, 3.63) is 34.9 Å². The number of hydrogen-bond acceptors (Lipinski definition) is 3. The van der Waals surface area contributed by atoms with Gasteiger partial charge in [0.15, 0.2) is 0 Å². The fraction of sp³-hybridized carbons (Fsp3) is 0.647. The van der Waals surface area contributed by atoms with Crippen LogP contribution in [0.3, 0.4) is 0 Å². The van der Waals surface area contributed by atoms with Crippen LogP contribution < -0.4 is 5.32 Å². The number of hydrogen-bond donors (Lipinski definition) is 1. The van der Waals surface area contributed by atoms with E-state index in [-0.39, 0.29) is 0 Å². The summed E-state index contributed by atoms with van der Waals surface area (Å²) in [6.07, 6.45) is 0.658. The van der Waals surface area contributed by atoms with Gasteiger partial charge in [0.1, 0.15) is 0 Å². The summed E-state index contributed by atoms with van der Waals surface area (Å²) in [4.78, 5) is 2.51. The summed E-state index contributed by atoms with van der Waals surface area (Å²) in [7, 11) is 2.05. The Balaban J connectivity index is 2.08. The van der Waals surface area contributed by atoms with Crippen molar-refractivity contribution in [3.63, 3.8) is 0 Å². The highest BCUT2D eigenvalue weighted by Gasteiger charge is 2.24. The summed E-state index contributed by atoms with van der Waals surface area (Å²) < 4.78 is 5.81. The minimum atomic E-state index is 0.329. The van der Waals surface area contributed by atoms with E-state index in [0.29, 0.717) is 18.2 Å². The molecule has 0 radical (unpaired) electrons. The second-order valence-electron chi connectivity index (χ2n) is 6.18. The SMILES string of the molecule is CNC(CN1CC(C)OC(C)C1)c1ccc(C)cc1C. The number of likely N-dealkylation sites (N-methyl/N-ethyl adjacent to an activating group) is 1. The van der Waals surface area contributed by atoms with Gasteiger partial charge >= 0.3 is 0 Å². The second kappa shape index (κ2) is 6.70. The monoisotopic (exact) mass is 276 g/mol. The zero-order valence-electron chi connectivity index (χ0n) is 13.4. The zero-order valence-corrected chi connectivity index (χ0v) is 13.4. The van der Waals surface area contributed by atoms with Crippen LogP contribution in [-0.4, -0.2) is 43.8 Å². The predicted molar refractivity (Wildman–Crippen MR) is 84.2 cm³/mol. The summed E-state index contributed by atoms with van der Waals surface area (Å²) >= 11 is 0. The maximum absolute atomic E-state index is 5.81. The molecule has 1 heterocycles. The highest BCUT2D eigenvalue weighted by atomic mass is 16.5. The lowest BCUT2D eigenvalue weighted by molar-refractivity contribution is -0.0698. The van der Waals surface area contributed by atoms with Gasteiger partial charge < -0.3 is 10.1 Å². The molecule has 1 aliphatic rings. The van der Waals surface area contributed by atoms with Crippen molar-refractivity contribution in [1.29, 1.82) is 0 Å². The first-order valence-electron chi connectivity index (χ1n) is 7.61. The summed E-state index contributed by atoms with van der Waals surface area (Å²) in [5.41, 5.74) is 4.11. The molecule has 3 atom stereocenters. The van der Waals surface area contributed by atoms with E-state index in [0.717, 1.165) is 19.6 Å². The number of rotatable bonds is 4. The molecule has 1 saturated heterocycles. The third-order valence-electron chi connectivity index (χ3n) is 4.09. The molecule has 3 nitrogen and oxygen atoms in total. The summed E-state index contributed by atoms with van der Waals surface area (Å²) in [6.45, 7) is 11.8.